The van der Waals surface area contributed by atoms with Crippen LogP contribution >= 0.6 is 0 Å². The van der Waals surface area contributed by atoms with Crippen molar-refractivity contribution in [3.8, 4) is 0 Å². The lowest BCUT2D eigenvalue weighted by molar-refractivity contribution is 0.677. The molecule has 2 heteroatoms. The van der Waals surface area contributed by atoms with Gasteiger partial charge in [0.2, 0.25) is 0 Å². The van der Waals surface area contributed by atoms with E-state index in [4.69, 9.17) is 0 Å². The van der Waals surface area contributed by atoms with Crippen LogP contribution in [0, 0.1) is 0 Å². The molecule has 2 aromatic rings. The minimum absolute atomic E-state index is 0.922. The van der Waals surface area contributed by atoms with E-state index in [1.165, 1.54) is 22.3 Å². The van der Waals surface area contributed by atoms with Crippen molar-refractivity contribution in [3.63, 3.8) is 0 Å². The van der Waals surface area contributed by atoms with Crippen molar-refractivity contribution >= 4 is 10.8 Å². The Morgan fingerprint density at radius 1 is 1.00 bits per heavy atom. The van der Waals surface area contributed by atoms with Crippen molar-refractivity contribution in [2.75, 3.05) is 0 Å². The molecule has 3 rings (SSSR count). The number of hydrogen-bond donors (Lipinski definition) is 0. The van der Waals surface area contributed by atoms with Crippen LogP contribution in [0.25, 0.3) is 0 Å². The lowest BCUT2D eigenvalue weighted by Gasteiger charge is -2.23. The van der Waals surface area contributed by atoms with E-state index in [1.54, 1.807) is 0 Å². The second kappa shape index (κ2) is 6.15. The van der Waals surface area contributed by atoms with Gasteiger partial charge in [0, 0.05) is 4.90 Å². The van der Waals surface area contributed by atoms with Crippen LogP contribution < -0.4 is 0 Å². The van der Waals surface area contributed by atoms with E-state index in [0.29, 0.717) is 0 Å². The average molecular weight is 298 g/mol. The first-order chi connectivity index (χ1) is 10.2. The molecule has 1 aliphatic heterocycles. The third kappa shape index (κ3) is 2.69. The van der Waals surface area contributed by atoms with Gasteiger partial charge in [-0.25, -0.2) is 4.21 Å². The van der Waals surface area contributed by atoms with E-state index in [0.717, 1.165) is 41.9 Å². The Morgan fingerprint density at radius 3 is 2.52 bits per heavy atom. The van der Waals surface area contributed by atoms with Crippen molar-refractivity contribution in [2.45, 2.75) is 55.7 Å². The van der Waals surface area contributed by atoms with Crippen LogP contribution in [0.4, 0.5) is 0 Å². The summed E-state index contributed by atoms with van der Waals surface area (Å²) in [7, 11) is -1.02. The fourth-order valence-corrected chi connectivity index (χ4v) is 4.80. The van der Waals surface area contributed by atoms with Gasteiger partial charge in [-0.3, -0.25) is 0 Å². The zero-order chi connectivity index (χ0) is 14.8. The van der Waals surface area contributed by atoms with Crippen LogP contribution in [-0.4, -0.2) is 4.21 Å². The zero-order valence-electron chi connectivity index (χ0n) is 12.8. The van der Waals surface area contributed by atoms with Gasteiger partial charge in [0.05, 0.1) is 15.7 Å². The maximum absolute atomic E-state index is 13.0. The van der Waals surface area contributed by atoms with Gasteiger partial charge in [-0.15, -0.1) is 0 Å². The molecule has 2 aromatic carbocycles. The average Bonchev–Trinajstić information content (AvgIpc) is 2.48. The fourth-order valence-electron chi connectivity index (χ4n) is 3.23. The summed E-state index contributed by atoms with van der Waals surface area (Å²) in [4.78, 5) is 2.10. The van der Waals surface area contributed by atoms with E-state index >= 15 is 0 Å². The molecule has 0 amide bonds. The summed E-state index contributed by atoms with van der Waals surface area (Å²) in [6.07, 6.45) is 5.31. The van der Waals surface area contributed by atoms with Crippen molar-refractivity contribution in [3.05, 3.63) is 58.7 Å². The van der Waals surface area contributed by atoms with E-state index in [9.17, 15) is 4.21 Å². The van der Waals surface area contributed by atoms with Gasteiger partial charge in [0.15, 0.2) is 0 Å². The summed E-state index contributed by atoms with van der Waals surface area (Å²) in [5.41, 5.74) is 5.20. The van der Waals surface area contributed by atoms with Crippen LogP contribution in [0.5, 0.6) is 0 Å². The molecule has 21 heavy (non-hydrogen) atoms. The van der Waals surface area contributed by atoms with Crippen LogP contribution in [0.3, 0.4) is 0 Å². The molecule has 0 radical (unpaired) electrons. The van der Waals surface area contributed by atoms with Crippen molar-refractivity contribution in [1.29, 1.82) is 0 Å². The number of aryl methyl sites for hydroxylation is 2. The zero-order valence-corrected chi connectivity index (χ0v) is 13.6. The molecular weight excluding hydrogens is 276 g/mol. The topological polar surface area (TPSA) is 17.1 Å². The second-order valence-corrected chi connectivity index (χ2v) is 7.18. The lowest BCUT2D eigenvalue weighted by Crippen LogP contribution is -2.13. The molecule has 0 aromatic heterocycles. The Labute approximate surface area is 129 Å². The highest BCUT2D eigenvalue weighted by atomic mass is 32.2. The van der Waals surface area contributed by atoms with Crippen molar-refractivity contribution in [2.24, 2.45) is 0 Å². The smallest absolute Gasteiger partial charge is 0.0858 e. The maximum Gasteiger partial charge on any atom is 0.0858 e. The standard InChI is InChI=1S/C19H22OS/c1-3-7-14-11-16(8-4-2)19-17(12-14)13-15-9-5-6-10-18(15)21(19)20/h5-6,9-12H,3-4,7-8,13H2,1-2H3. The normalized spacial score (nSPS) is 16.4. The Balaban J connectivity index is 2.14. The van der Waals surface area contributed by atoms with E-state index in [2.05, 4.69) is 32.0 Å². The van der Waals surface area contributed by atoms with E-state index < -0.39 is 10.8 Å². The number of hydrogen-bond acceptors (Lipinski definition) is 1. The third-order valence-electron chi connectivity index (χ3n) is 4.10. The minimum atomic E-state index is -1.02. The molecule has 110 valence electrons. The molecule has 0 N–H and O–H groups in total. The van der Waals surface area contributed by atoms with Crippen LogP contribution in [0.2, 0.25) is 0 Å². The first-order valence-corrected chi connectivity index (χ1v) is 9.04. The monoisotopic (exact) mass is 298 g/mol. The molecule has 1 atom stereocenters. The van der Waals surface area contributed by atoms with E-state index in [-0.39, 0.29) is 0 Å². The minimum Gasteiger partial charge on any atom is -0.249 e. The number of fused-ring (bicyclic) bond motifs is 2. The molecule has 0 aliphatic carbocycles. The Bertz CT molecular complexity index is 688. The summed E-state index contributed by atoms with van der Waals surface area (Å²) < 4.78 is 13.0. The molecule has 1 unspecified atom stereocenters. The highest BCUT2D eigenvalue weighted by Gasteiger charge is 2.24. The fraction of sp³-hybridized carbons (Fsp3) is 0.368. The molecule has 0 saturated carbocycles. The Hall–Kier alpha value is -1.41. The largest absolute Gasteiger partial charge is 0.249 e. The van der Waals surface area contributed by atoms with Gasteiger partial charge in [-0.05, 0) is 47.6 Å². The van der Waals surface area contributed by atoms with Gasteiger partial charge in [0.25, 0.3) is 0 Å². The molecule has 0 saturated heterocycles. The van der Waals surface area contributed by atoms with E-state index in [1.807, 2.05) is 18.2 Å². The number of benzene rings is 2. The SMILES string of the molecule is CCCc1cc(CCC)c2c(c1)Cc1ccccc1S2=O. The first-order valence-electron chi connectivity index (χ1n) is 7.89. The van der Waals surface area contributed by atoms with Crippen molar-refractivity contribution < 1.29 is 4.21 Å². The molecule has 0 fully saturated rings. The summed E-state index contributed by atoms with van der Waals surface area (Å²) in [6, 6.07) is 12.7. The van der Waals surface area contributed by atoms with Gasteiger partial charge >= 0.3 is 0 Å². The Morgan fingerprint density at radius 2 is 1.76 bits per heavy atom. The molecule has 1 aliphatic rings. The predicted molar refractivity (Wildman–Crippen MR) is 88.4 cm³/mol. The van der Waals surface area contributed by atoms with Crippen molar-refractivity contribution in [1.82, 2.24) is 0 Å². The summed E-state index contributed by atoms with van der Waals surface area (Å²) in [6.45, 7) is 4.41. The quantitative estimate of drug-likeness (QED) is 0.684. The second-order valence-electron chi connectivity index (χ2n) is 5.80. The molecule has 1 nitrogen and oxygen atoms in total. The summed E-state index contributed by atoms with van der Waals surface area (Å²) in [5.74, 6) is 0. The molecule has 0 spiro atoms. The third-order valence-corrected chi connectivity index (χ3v) is 5.79. The first kappa shape index (κ1) is 14.5. The van der Waals surface area contributed by atoms with Crippen LogP contribution in [0.1, 0.15) is 48.9 Å². The molecule has 1 heterocycles. The summed E-state index contributed by atoms with van der Waals surface area (Å²) in [5, 5.41) is 0. The lowest BCUT2D eigenvalue weighted by atomic mass is 9.95. The molecular formula is C19H22OS. The van der Waals surface area contributed by atoms with Crippen LogP contribution in [-0.2, 0) is 30.1 Å². The molecule has 0 bridgehead atoms. The number of rotatable bonds is 4. The highest BCUT2D eigenvalue weighted by molar-refractivity contribution is 7.85. The van der Waals surface area contributed by atoms with Gasteiger partial charge < -0.3 is 0 Å². The van der Waals surface area contributed by atoms with Gasteiger partial charge in [0.1, 0.15) is 0 Å². The summed E-state index contributed by atoms with van der Waals surface area (Å²) >= 11 is 0. The van der Waals surface area contributed by atoms with Gasteiger partial charge in [-0.1, -0.05) is 57.0 Å². The van der Waals surface area contributed by atoms with Gasteiger partial charge in [-0.2, -0.15) is 0 Å². The predicted octanol–water partition coefficient (Wildman–Crippen LogP) is 4.66. The maximum atomic E-state index is 13.0. The highest BCUT2D eigenvalue weighted by Crippen LogP contribution is 2.35. The Kier molecular flexibility index (Phi) is 4.25. The van der Waals surface area contributed by atoms with Crippen LogP contribution in [0.15, 0.2) is 46.2 Å².